The molecular weight excluding hydrogens is 488 g/mol. The number of thioether (sulfide) groups is 1. The van der Waals surface area contributed by atoms with Crippen LogP contribution in [0.25, 0.3) is 0 Å². The van der Waals surface area contributed by atoms with Crippen molar-refractivity contribution in [2.45, 2.75) is 63.5 Å². The van der Waals surface area contributed by atoms with Crippen molar-refractivity contribution in [1.82, 2.24) is 10.6 Å². The molecule has 34 heavy (non-hydrogen) atoms. The van der Waals surface area contributed by atoms with Crippen molar-refractivity contribution < 1.29 is 41.8 Å². The van der Waals surface area contributed by atoms with E-state index >= 15 is 0 Å². The minimum atomic E-state index is -3.90. The molecule has 0 bridgehead atoms. The zero-order valence-corrected chi connectivity index (χ0v) is 22.0. The normalized spacial score (nSPS) is 27.6. The second-order valence-corrected chi connectivity index (χ2v) is 12.4. The van der Waals surface area contributed by atoms with Gasteiger partial charge >= 0.3 is 18.0 Å². The van der Waals surface area contributed by atoms with Gasteiger partial charge in [0, 0.05) is 5.92 Å². The molecule has 0 spiro atoms. The van der Waals surface area contributed by atoms with Crippen molar-refractivity contribution in [3.63, 3.8) is 0 Å². The highest BCUT2D eigenvalue weighted by atomic mass is 32.2. The quantitative estimate of drug-likeness (QED) is 0.309. The molecule has 0 radical (unpaired) electrons. The smallest absolute Gasteiger partial charge is 0.408 e. The molecule has 1 aliphatic carbocycles. The fourth-order valence-electron chi connectivity index (χ4n) is 4.23. The maximum Gasteiger partial charge on any atom is 0.408 e. The largest absolute Gasteiger partial charge is 0.466 e. The van der Waals surface area contributed by atoms with Crippen molar-refractivity contribution in [3.8, 4) is 0 Å². The number of carbonyl (C=O) groups is 4. The monoisotopic (exact) mass is 522 g/mol. The van der Waals surface area contributed by atoms with Crippen LogP contribution in [0.5, 0.6) is 0 Å². The first-order chi connectivity index (χ1) is 15.7. The van der Waals surface area contributed by atoms with Crippen molar-refractivity contribution >= 4 is 45.5 Å². The summed E-state index contributed by atoms with van der Waals surface area (Å²) in [5.41, 5.74) is -2.76. The first kappa shape index (κ1) is 28.2. The molecule has 0 unspecified atom stereocenters. The lowest BCUT2D eigenvalue weighted by molar-refractivity contribution is -0.154. The second kappa shape index (κ2) is 10.7. The van der Waals surface area contributed by atoms with Gasteiger partial charge in [0.05, 0.1) is 30.1 Å². The van der Waals surface area contributed by atoms with E-state index in [0.717, 1.165) is 0 Å². The van der Waals surface area contributed by atoms with E-state index < -0.39 is 73.8 Å². The van der Waals surface area contributed by atoms with Crippen LogP contribution in [0.15, 0.2) is 0 Å². The average Bonchev–Trinajstić information content (AvgIpc) is 3.42. The number of nitrogens with one attached hydrogen (secondary N) is 2. The highest BCUT2D eigenvalue weighted by Gasteiger charge is 2.79. The maximum atomic E-state index is 13.3. The molecule has 5 atom stereocenters. The summed E-state index contributed by atoms with van der Waals surface area (Å²) in [5, 5.41) is 3.90. The summed E-state index contributed by atoms with van der Waals surface area (Å²) in [6.07, 6.45) is 1.20. The van der Waals surface area contributed by atoms with E-state index in [1.807, 2.05) is 6.26 Å². The molecule has 1 saturated carbocycles. The topological polar surface area (TPSA) is 154 Å². The van der Waals surface area contributed by atoms with E-state index in [1.54, 1.807) is 34.6 Å². The Balaban J connectivity index is 2.35. The summed E-state index contributed by atoms with van der Waals surface area (Å²) >= 11 is 1.44. The first-order valence-corrected chi connectivity index (χ1v) is 14.2. The third-order valence-corrected chi connectivity index (χ3v) is 8.45. The molecule has 2 rings (SSSR count). The van der Waals surface area contributed by atoms with E-state index in [4.69, 9.17) is 14.2 Å². The Morgan fingerprint density at radius 2 is 1.74 bits per heavy atom. The van der Waals surface area contributed by atoms with Gasteiger partial charge in [-0.2, -0.15) is 11.8 Å². The predicted octanol–water partition coefficient (Wildman–Crippen LogP) is 0.657. The van der Waals surface area contributed by atoms with E-state index in [1.165, 1.54) is 11.8 Å². The average molecular weight is 523 g/mol. The number of rotatable bonds is 10. The lowest BCUT2D eigenvalue weighted by atomic mass is 9.93. The van der Waals surface area contributed by atoms with Crippen molar-refractivity contribution in [3.05, 3.63) is 0 Å². The molecule has 2 N–H and O–H groups in total. The number of esters is 2. The highest BCUT2D eigenvalue weighted by Crippen LogP contribution is 2.58. The Morgan fingerprint density at radius 1 is 1.12 bits per heavy atom. The fourth-order valence-corrected chi connectivity index (χ4v) is 7.40. The maximum absolute atomic E-state index is 13.3. The molecule has 1 aliphatic heterocycles. The van der Waals surface area contributed by atoms with E-state index in [2.05, 4.69) is 10.6 Å². The van der Waals surface area contributed by atoms with Gasteiger partial charge in [0.1, 0.15) is 11.6 Å². The van der Waals surface area contributed by atoms with E-state index in [0.29, 0.717) is 5.75 Å². The van der Waals surface area contributed by atoms with E-state index in [9.17, 15) is 27.6 Å². The molecule has 2 aliphatic rings. The number of carbonyl (C=O) groups excluding carboxylic acids is 4. The Hall–Kier alpha value is -2.02. The van der Waals surface area contributed by atoms with Crippen molar-refractivity contribution in [2.24, 2.45) is 11.8 Å². The number of ether oxygens (including phenoxy) is 3. The molecule has 0 aromatic carbocycles. The van der Waals surface area contributed by atoms with Crippen LogP contribution >= 0.6 is 11.8 Å². The minimum absolute atomic E-state index is 0.0458. The Labute approximate surface area is 204 Å². The van der Waals surface area contributed by atoms with Gasteiger partial charge < -0.3 is 24.8 Å². The van der Waals surface area contributed by atoms with Gasteiger partial charge in [0.15, 0.2) is 15.4 Å². The van der Waals surface area contributed by atoms with Crippen LogP contribution in [0.4, 0.5) is 4.79 Å². The van der Waals surface area contributed by atoms with Gasteiger partial charge in [-0.3, -0.25) is 9.59 Å². The third-order valence-electron chi connectivity index (χ3n) is 5.53. The van der Waals surface area contributed by atoms with Gasteiger partial charge in [0.25, 0.3) is 0 Å². The second-order valence-electron chi connectivity index (χ2n) is 9.24. The Kier molecular flexibility index (Phi) is 8.89. The van der Waals surface area contributed by atoms with Crippen LogP contribution in [-0.4, -0.2) is 85.8 Å². The van der Waals surface area contributed by atoms with Crippen LogP contribution in [-0.2, 0) is 38.4 Å². The van der Waals surface area contributed by atoms with Crippen molar-refractivity contribution in [2.75, 3.05) is 31.0 Å². The van der Waals surface area contributed by atoms with Gasteiger partial charge in [-0.1, -0.05) is 0 Å². The first-order valence-electron chi connectivity index (χ1n) is 11.1. The van der Waals surface area contributed by atoms with E-state index in [-0.39, 0.29) is 19.6 Å². The number of hydrogen-bond donors (Lipinski definition) is 2. The molecule has 0 aromatic rings. The number of fused-ring (bicyclic) bond motifs is 1. The van der Waals surface area contributed by atoms with Crippen LogP contribution in [0, 0.1) is 11.8 Å². The zero-order chi connectivity index (χ0) is 25.9. The molecular formula is C21H34N2O9S2. The Bertz CT molecular complexity index is 916. The highest BCUT2D eigenvalue weighted by molar-refractivity contribution is 7.98. The molecule has 0 aromatic heterocycles. The summed E-state index contributed by atoms with van der Waals surface area (Å²) < 4.78 is 41.0. The van der Waals surface area contributed by atoms with Crippen LogP contribution < -0.4 is 10.6 Å². The lowest BCUT2D eigenvalue weighted by Gasteiger charge is -2.32. The fraction of sp³-hybridized carbons (Fsp3) is 0.810. The number of hydrogen-bond acceptors (Lipinski definition) is 10. The Morgan fingerprint density at radius 3 is 2.26 bits per heavy atom. The summed E-state index contributed by atoms with van der Waals surface area (Å²) in [4.78, 5) is 51.0. The number of sulfone groups is 1. The molecule has 2 fully saturated rings. The summed E-state index contributed by atoms with van der Waals surface area (Å²) in [6, 6.07) is -1.10. The summed E-state index contributed by atoms with van der Waals surface area (Å²) in [5.74, 6) is -4.73. The molecule has 194 valence electrons. The van der Waals surface area contributed by atoms with Crippen LogP contribution in [0.3, 0.4) is 0 Å². The predicted molar refractivity (Wildman–Crippen MR) is 125 cm³/mol. The van der Waals surface area contributed by atoms with Crippen LogP contribution in [0.1, 0.15) is 41.0 Å². The molecule has 2 amide bonds. The standard InChI is InChI=1S/C21H34N2O9S2/c1-7-30-17(25)13-14-15(13)34(28,29)11-21(14,18(26)31-8-2)23-16(24)12(9-10-33-6)22-19(27)32-20(3,4)5/h12-15H,7-11H2,1-6H3,(H,22,27)(H,23,24)/t12-,13-,14-,15+,21+/m1/s1. The van der Waals surface area contributed by atoms with Gasteiger partial charge in [0.2, 0.25) is 5.91 Å². The zero-order valence-electron chi connectivity index (χ0n) is 20.3. The van der Waals surface area contributed by atoms with Gasteiger partial charge in [-0.15, -0.1) is 0 Å². The summed E-state index contributed by atoms with van der Waals surface area (Å²) in [7, 11) is -3.90. The SMILES string of the molecule is CCOC(=O)[C@@H]1[C@@H]2[C@H]1S(=O)(=O)C[C@@]2(NC(=O)[C@@H](CCSC)NC(=O)OC(C)(C)C)C(=O)OCC. The third kappa shape index (κ3) is 6.15. The molecule has 1 saturated heterocycles. The molecule has 11 nitrogen and oxygen atoms in total. The molecule has 13 heteroatoms. The van der Waals surface area contributed by atoms with Crippen LogP contribution in [0.2, 0.25) is 0 Å². The minimum Gasteiger partial charge on any atom is -0.466 e. The lowest BCUT2D eigenvalue weighted by Crippen LogP contribution is -2.63. The number of alkyl carbamates (subject to hydrolysis) is 1. The van der Waals surface area contributed by atoms with Gasteiger partial charge in [-0.25, -0.2) is 18.0 Å². The molecule has 1 heterocycles. The van der Waals surface area contributed by atoms with Crippen molar-refractivity contribution in [1.29, 1.82) is 0 Å². The van der Waals surface area contributed by atoms with Gasteiger partial charge in [-0.05, 0) is 53.0 Å². The number of amides is 2. The summed E-state index contributed by atoms with van der Waals surface area (Å²) in [6.45, 7) is 8.15.